The number of nitrogens with one attached hydrogen (secondary N) is 2. The van der Waals surface area contributed by atoms with Gasteiger partial charge in [0.25, 0.3) is 0 Å². The van der Waals surface area contributed by atoms with E-state index in [1.54, 1.807) is 17.8 Å². The quantitative estimate of drug-likeness (QED) is 0.683. The average Bonchev–Trinajstić information content (AvgIpc) is 2.41. The summed E-state index contributed by atoms with van der Waals surface area (Å²) in [5.41, 5.74) is 2.96. The zero-order valence-corrected chi connectivity index (χ0v) is 15.0. The molecule has 0 unspecified atom stereocenters. The first-order valence-electron chi connectivity index (χ1n) is 7.21. The zero-order chi connectivity index (χ0) is 15.9. The molecule has 1 aromatic carbocycles. The molecule has 1 rings (SSSR count). The summed E-state index contributed by atoms with van der Waals surface area (Å²) in [7, 11) is -3.42. The number of hydrogen-bond acceptors (Lipinski definition) is 4. The van der Waals surface area contributed by atoms with Crippen molar-refractivity contribution in [2.24, 2.45) is 0 Å². The third-order valence-electron chi connectivity index (χ3n) is 3.26. The lowest BCUT2D eigenvalue weighted by molar-refractivity contribution is 0.583. The Morgan fingerprint density at radius 2 is 1.86 bits per heavy atom. The maximum atomic E-state index is 12.4. The lowest BCUT2D eigenvalue weighted by Gasteiger charge is -2.14. The number of benzene rings is 1. The molecule has 0 bridgehead atoms. The van der Waals surface area contributed by atoms with Crippen LogP contribution >= 0.6 is 11.8 Å². The van der Waals surface area contributed by atoms with Crippen molar-refractivity contribution in [1.29, 1.82) is 0 Å². The van der Waals surface area contributed by atoms with E-state index in [0.717, 1.165) is 35.4 Å². The second-order valence-corrected chi connectivity index (χ2v) is 7.83. The van der Waals surface area contributed by atoms with Crippen LogP contribution in [-0.4, -0.2) is 33.5 Å². The maximum absolute atomic E-state index is 12.4. The molecule has 0 amide bonds. The molecule has 0 spiro atoms. The van der Waals surface area contributed by atoms with Gasteiger partial charge in [0, 0.05) is 18.8 Å². The molecule has 0 radical (unpaired) electrons. The minimum atomic E-state index is -3.42. The molecule has 21 heavy (non-hydrogen) atoms. The van der Waals surface area contributed by atoms with Crippen LogP contribution in [0, 0.1) is 13.8 Å². The van der Waals surface area contributed by atoms with Gasteiger partial charge in [-0.15, -0.1) is 0 Å². The van der Waals surface area contributed by atoms with Crippen LogP contribution in [0.1, 0.15) is 30.0 Å². The molecule has 0 saturated carbocycles. The third kappa shape index (κ3) is 5.62. The zero-order valence-electron chi connectivity index (χ0n) is 13.3. The molecular formula is C15H26N2O2S2. The molecule has 0 heterocycles. The smallest absolute Gasteiger partial charge is 0.240 e. The number of sulfonamides is 1. The van der Waals surface area contributed by atoms with Gasteiger partial charge in [-0.3, -0.25) is 0 Å². The van der Waals surface area contributed by atoms with Gasteiger partial charge < -0.3 is 5.32 Å². The molecule has 0 aromatic heterocycles. The van der Waals surface area contributed by atoms with Crippen molar-refractivity contribution in [3.63, 3.8) is 0 Å². The first-order valence-corrected chi connectivity index (χ1v) is 10.1. The van der Waals surface area contributed by atoms with E-state index in [4.69, 9.17) is 0 Å². The minimum absolute atomic E-state index is 0.391. The van der Waals surface area contributed by atoms with Crippen molar-refractivity contribution in [3.05, 3.63) is 28.8 Å². The monoisotopic (exact) mass is 330 g/mol. The Hall–Kier alpha value is -0.560. The van der Waals surface area contributed by atoms with Crippen molar-refractivity contribution in [3.8, 4) is 0 Å². The van der Waals surface area contributed by atoms with E-state index in [2.05, 4.69) is 17.0 Å². The van der Waals surface area contributed by atoms with E-state index in [1.165, 1.54) is 0 Å². The lowest BCUT2D eigenvalue weighted by Crippen LogP contribution is -2.27. The molecule has 2 N–H and O–H groups in total. The van der Waals surface area contributed by atoms with Gasteiger partial charge >= 0.3 is 0 Å². The van der Waals surface area contributed by atoms with E-state index in [9.17, 15) is 8.42 Å². The highest BCUT2D eigenvalue weighted by Gasteiger charge is 2.17. The Bertz CT molecular complexity index is 557. The molecule has 1 aromatic rings. The predicted molar refractivity (Wildman–Crippen MR) is 91.5 cm³/mol. The summed E-state index contributed by atoms with van der Waals surface area (Å²) in [6.07, 6.45) is 3.02. The minimum Gasteiger partial charge on any atom is -0.313 e. The highest BCUT2D eigenvalue weighted by molar-refractivity contribution is 7.98. The van der Waals surface area contributed by atoms with Gasteiger partial charge in [0.2, 0.25) is 10.0 Å². The molecule has 0 aliphatic carbocycles. The fourth-order valence-electron chi connectivity index (χ4n) is 2.11. The van der Waals surface area contributed by atoms with Crippen LogP contribution in [0.25, 0.3) is 0 Å². The van der Waals surface area contributed by atoms with Gasteiger partial charge in [-0.1, -0.05) is 13.0 Å². The van der Waals surface area contributed by atoms with Crippen LogP contribution < -0.4 is 10.0 Å². The third-order valence-corrected chi connectivity index (χ3v) is 5.48. The molecular weight excluding hydrogens is 304 g/mol. The fraction of sp³-hybridized carbons (Fsp3) is 0.600. The van der Waals surface area contributed by atoms with Gasteiger partial charge in [0.1, 0.15) is 0 Å². The summed E-state index contributed by atoms with van der Waals surface area (Å²) in [5.74, 6) is 0.773. The molecule has 6 heteroatoms. The molecule has 0 aliphatic heterocycles. The molecule has 120 valence electrons. The van der Waals surface area contributed by atoms with E-state index in [-0.39, 0.29) is 0 Å². The normalized spacial score (nSPS) is 11.8. The fourth-order valence-corrected chi connectivity index (χ4v) is 3.85. The average molecular weight is 331 g/mol. The van der Waals surface area contributed by atoms with Gasteiger partial charge in [0.05, 0.1) is 4.90 Å². The Labute approximate surface area is 133 Å². The van der Waals surface area contributed by atoms with E-state index < -0.39 is 10.0 Å². The summed E-state index contributed by atoms with van der Waals surface area (Å²) in [5, 5.41) is 3.32. The summed E-state index contributed by atoms with van der Waals surface area (Å²) in [6, 6.07) is 3.75. The highest BCUT2D eigenvalue weighted by atomic mass is 32.2. The largest absolute Gasteiger partial charge is 0.313 e. The summed E-state index contributed by atoms with van der Waals surface area (Å²) in [4.78, 5) is 0.391. The molecule has 0 fully saturated rings. The van der Waals surface area contributed by atoms with Crippen LogP contribution in [0.5, 0.6) is 0 Å². The van der Waals surface area contributed by atoms with Crippen molar-refractivity contribution < 1.29 is 8.42 Å². The van der Waals surface area contributed by atoms with Gasteiger partial charge in [0.15, 0.2) is 0 Å². The molecule has 0 atom stereocenters. The topological polar surface area (TPSA) is 58.2 Å². The second kappa shape index (κ2) is 8.78. The van der Waals surface area contributed by atoms with Crippen molar-refractivity contribution in [1.82, 2.24) is 10.0 Å². The molecule has 0 saturated heterocycles. The predicted octanol–water partition coefficient (Wildman–Crippen LogP) is 2.44. The first-order chi connectivity index (χ1) is 9.92. The summed E-state index contributed by atoms with van der Waals surface area (Å²) in [6.45, 7) is 8.07. The van der Waals surface area contributed by atoms with Crippen LogP contribution in [0.3, 0.4) is 0 Å². The van der Waals surface area contributed by atoms with Crippen LogP contribution in [0.2, 0.25) is 0 Å². The van der Waals surface area contributed by atoms with Gasteiger partial charge in [-0.2, -0.15) is 11.8 Å². The molecule has 0 aliphatic rings. The number of aryl methyl sites for hydroxylation is 2. The van der Waals surface area contributed by atoms with E-state index in [0.29, 0.717) is 18.0 Å². The van der Waals surface area contributed by atoms with Crippen molar-refractivity contribution in [2.45, 2.75) is 38.6 Å². The maximum Gasteiger partial charge on any atom is 0.240 e. The van der Waals surface area contributed by atoms with Gasteiger partial charge in [-0.05, 0) is 55.8 Å². The number of thioether (sulfide) groups is 1. The molecule has 4 nitrogen and oxygen atoms in total. The van der Waals surface area contributed by atoms with Crippen LogP contribution in [0.4, 0.5) is 0 Å². The van der Waals surface area contributed by atoms with E-state index >= 15 is 0 Å². The van der Waals surface area contributed by atoms with Crippen molar-refractivity contribution in [2.75, 3.05) is 25.1 Å². The SMILES string of the molecule is CCCNCc1cc(S(=O)(=O)NCCSC)c(C)cc1C. The van der Waals surface area contributed by atoms with Crippen LogP contribution in [-0.2, 0) is 16.6 Å². The second-order valence-electron chi connectivity index (χ2n) is 5.11. The van der Waals surface area contributed by atoms with Crippen molar-refractivity contribution >= 4 is 21.8 Å². The Balaban J connectivity index is 2.97. The van der Waals surface area contributed by atoms with Crippen LogP contribution in [0.15, 0.2) is 17.0 Å². The van der Waals surface area contributed by atoms with E-state index in [1.807, 2.05) is 26.2 Å². The number of hydrogen-bond donors (Lipinski definition) is 2. The Morgan fingerprint density at radius 1 is 1.14 bits per heavy atom. The first kappa shape index (κ1) is 18.5. The standard InChI is InChI=1S/C15H26N2O2S2/c1-5-6-16-11-14-10-15(13(3)9-12(14)2)21(18,19)17-7-8-20-4/h9-10,16-17H,5-8,11H2,1-4H3. The number of rotatable bonds is 9. The van der Waals surface area contributed by atoms with Gasteiger partial charge in [-0.25, -0.2) is 13.1 Å². The summed E-state index contributed by atoms with van der Waals surface area (Å²) < 4.78 is 27.4. The summed E-state index contributed by atoms with van der Waals surface area (Å²) >= 11 is 1.62. The highest BCUT2D eigenvalue weighted by Crippen LogP contribution is 2.20. The Kier molecular flexibility index (Phi) is 7.73. The Morgan fingerprint density at radius 3 is 2.48 bits per heavy atom. The lowest BCUT2D eigenvalue weighted by atomic mass is 10.1.